The van der Waals surface area contributed by atoms with Crippen LogP contribution in [0.3, 0.4) is 0 Å². The van der Waals surface area contributed by atoms with Crippen LogP contribution in [0, 0.1) is 17.2 Å². The van der Waals surface area contributed by atoms with E-state index < -0.39 is 6.10 Å². The van der Waals surface area contributed by atoms with E-state index in [1.807, 2.05) is 6.07 Å². The predicted octanol–water partition coefficient (Wildman–Crippen LogP) is 4.56. The number of rotatable bonds is 4. The van der Waals surface area contributed by atoms with Crippen LogP contribution < -0.4 is 0 Å². The van der Waals surface area contributed by atoms with E-state index in [0.29, 0.717) is 16.8 Å². The van der Waals surface area contributed by atoms with E-state index in [4.69, 9.17) is 0 Å². The molecule has 2 atom stereocenters. The van der Waals surface area contributed by atoms with Crippen LogP contribution in [0.25, 0.3) is 0 Å². The van der Waals surface area contributed by atoms with Gasteiger partial charge in [-0.1, -0.05) is 39.8 Å². The van der Waals surface area contributed by atoms with Crippen LogP contribution in [0.15, 0.2) is 22.7 Å². The molecule has 1 rings (SSSR count). The lowest BCUT2D eigenvalue weighted by Crippen LogP contribution is -2.24. The Balaban J connectivity index is 2.65. The fraction of sp³-hybridized carbons (Fsp3) is 0.600. The molecule has 0 fully saturated rings. The minimum atomic E-state index is -0.433. The van der Waals surface area contributed by atoms with E-state index in [-0.39, 0.29) is 11.2 Å². The molecule has 0 radical (unpaired) electrons. The summed E-state index contributed by atoms with van der Waals surface area (Å²) in [6.07, 6.45) is 0.780. The zero-order chi connectivity index (χ0) is 13.9. The Morgan fingerprint density at radius 1 is 1.33 bits per heavy atom. The van der Waals surface area contributed by atoms with Crippen molar-refractivity contribution in [1.29, 1.82) is 0 Å². The van der Waals surface area contributed by atoms with Crippen molar-refractivity contribution in [3.05, 3.63) is 34.1 Å². The van der Waals surface area contributed by atoms with Crippen LogP contribution in [0.4, 0.5) is 4.39 Å². The van der Waals surface area contributed by atoms with Gasteiger partial charge in [-0.25, -0.2) is 4.39 Å². The molecule has 0 aliphatic rings. The number of aliphatic hydroxyl groups excluding tert-OH is 1. The van der Waals surface area contributed by atoms with E-state index in [1.165, 1.54) is 6.07 Å². The lowest BCUT2D eigenvalue weighted by atomic mass is 9.78. The Kier molecular flexibility index (Phi) is 5.35. The highest BCUT2D eigenvalue weighted by molar-refractivity contribution is 9.10. The van der Waals surface area contributed by atoms with Gasteiger partial charge in [-0.2, -0.15) is 0 Å². The van der Waals surface area contributed by atoms with Gasteiger partial charge in [0.1, 0.15) is 5.82 Å². The smallest absolute Gasteiger partial charge is 0.137 e. The minimum absolute atomic E-state index is 0.181. The van der Waals surface area contributed by atoms with Crippen molar-refractivity contribution in [2.45, 2.75) is 46.6 Å². The molecular weight excluding hydrogens is 295 g/mol. The molecule has 18 heavy (non-hydrogen) atoms. The fourth-order valence-corrected chi connectivity index (χ4v) is 2.23. The molecule has 102 valence electrons. The molecule has 0 amide bonds. The lowest BCUT2D eigenvalue weighted by Gasteiger charge is -2.29. The van der Waals surface area contributed by atoms with Crippen LogP contribution >= 0.6 is 15.9 Å². The van der Waals surface area contributed by atoms with Gasteiger partial charge in [0.15, 0.2) is 0 Å². The maximum Gasteiger partial charge on any atom is 0.137 e. The Morgan fingerprint density at radius 2 is 1.94 bits per heavy atom. The molecular formula is C15H22BrFO. The summed E-state index contributed by atoms with van der Waals surface area (Å²) in [5.74, 6) is 0.142. The molecule has 1 aromatic carbocycles. The van der Waals surface area contributed by atoms with Crippen LogP contribution in [0.5, 0.6) is 0 Å². The summed E-state index contributed by atoms with van der Waals surface area (Å²) in [6.45, 7) is 8.65. The van der Waals surface area contributed by atoms with Gasteiger partial charge >= 0.3 is 0 Å². The van der Waals surface area contributed by atoms with Crippen LogP contribution in [-0.4, -0.2) is 11.2 Å². The lowest BCUT2D eigenvalue weighted by molar-refractivity contribution is 0.110. The van der Waals surface area contributed by atoms with Gasteiger partial charge in [0.2, 0.25) is 0 Å². The molecule has 0 aliphatic heterocycles. The number of hydrogen-bond acceptors (Lipinski definition) is 1. The van der Waals surface area contributed by atoms with Crippen molar-refractivity contribution in [2.24, 2.45) is 11.3 Å². The Labute approximate surface area is 118 Å². The summed E-state index contributed by atoms with van der Waals surface area (Å²) in [5.41, 5.74) is 1.00. The van der Waals surface area contributed by atoms with Crippen molar-refractivity contribution in [1.82, 2.24) is 0 Å². The van der Waals surface area contributed by atoms with Gasteiger partial charge in [-0.3, -0.25) is 0 Å². The largest absolute Gasteiger partial charge is 0.393 e. The molecule has 2 unspecified atom stereocenters. The van der Waals surface area contributed by atoms with Crippen LogP contribution in [0.1, 0.15) is 39.7 Å². The van der Waals surface area contributed by atoms with Gasteiger partial charge in [0.25, 0.3) is 0 Å². The molecule has 0 spiro atoms. The summed E-state index contributed by atoms with van der Waals surface area (Å²) in [5, 5.41) is 10.1. The highest BCUT2D eigenvalue weighted by atomic mass is 79.9. The maximum absolute atomic E-state index is 13.4. The first kappa shape index (κ1) is 15.6. The summed E-state index contributed by atoms with van der Waals surface area (Å²) < 4.78 is 13.8. The normalized spacial score (nSPS) is 15.5. The zero-order valence-corrected chi connectivity index (χ0v) is 13.1. The Bertz CT molecular complexity index is 398. The van der Waals surface area contributed by atoms with E-state index in [9.17, 15) is 9.50 Å². The first-order chi connectivity index (χ1) is 8.21. The second-order valence-corrected chi connectivity index (χ2v) is 6.87. The van der Waals surface area contributed by atoms with E-state index in [2.05, 4.69) is 43.6 Å². The van der Waals surface area contributed by atoms with Gasteiger partial charge < -0.3 is 5.11 Å². The molecule has 0 saturated carbocycles. The Morgan fingerprint density at radius 3 is 2.50 bits per heavy atom. The van der Waals surface area contributed by atoms with Gasteiger partial charge in [0.05, 0.1) is 10.6 Å². The van der Waals surface area contributed by atoms with Crippen molar-refractivity contribution >= 4 is 15.9 Å². The second kappa shape index (κ2) is 6.16. The topological polar surface area (TPSA) is 20.2 Å². The molecule has 0 saturated heterocycles. The number of aliphatic hydroxyl groups is 1. The SMILES string of the molecule is CC(CC(O)Cc1cccc(F)c1Br)C(C)(C)C. The molecule has 0 aliphatic carbocycles. The number of halogens is 2. The van der Waals surface area contributed by atoms with E-state index >= 15 is 0 Å². The monoisotopic (exact) mass is 316 g/mol. The van der Waals surface area contributed by atoms with Crippen LogP contribution in [0.2, 0.25) is 0 Å². The summed E-state index contributed by atoms with van der Waals surface area (Å²) in [7, 11) is 0. The summed E-state index contributed by atoms with van der Waals surface area (Å²) in [6, 6.07) is 4.94. The van der Waals surface area contributed by atoms with Gasteiger partial charge in [-0.05, 0) is 51.7 Å². The number of benzene rings is 1. The van der Waals surface area contributed by atoms with Gasteiger partial charge in [0, 0.05) is 0 Å². The fourth-order valence-electron chi connectivity index (χ4n) is 1.80. The van der Waals surface area contributed by atoms with Crippen molar-refractivity contribution in [3.8, 4) is 0 Å². The molecule has 0 bridgehead atoms. The minimum Gasteiger partial charge on any atom is -0.393 e. The second-order valence-electron chi connectivity index (χ2n) is 6.07. The van der Waals surface area contributed by atoms with Crippen LogP contribution in [-0.2, 0) is 6.42 Å². The third-order valence-corrected chi connectivity index (χ3v) is 4.48. The Hall–Kier alpha value is -0.410. The molecule has 3 heteroatoms. The summed E-state index contributed by atoms with van der Waals surface area (Å²) in [4.78, 5) is 0. The molecule has 0 heterocycles. The zero-order valence-electron chi connectivity index (χ0n) is 11.5. The van der Waals surface area contributed by atoms with Gasteiger partial charge in [-0.15, -0.1) is 0 Å². The average molecular weight is 317 g/mol. The summed E-state index contributed by atoms with van der Waals surface area (Å²) >= 11 is 3.23. The van der Waals surface area contributed by atoms with Crippen molar-refractivity contribution in [3.63, 3.8) is 0 Å². The predicted molar refractivity (Wildman–Crippen MR) is 77.0 cm³/mol. The van der Waals surface area contributed by atoms with Crippen molar-refractivity contribution in [2.75, 3.05) is 0 Å². The third kappa shape index (κ3) is 4.36. The average Bonchev–Trinajstić information content (AvgIpc) is 2.23. The third-order valence-electron chi connectivity index (χ3n) is 3.59. The van der Waals surface area contributed by atoms with E-state index in [1.54, 1.807) is 6.07 Å². The molecule has 1 nitrogen and oxygen atoms in total. The first-order valence-electron chi connectivity index (χ1n) is 6.32. The van der Waals surface area contributed by atoms with E-state index in [0.717, 1.165) is 12.0 Å². The standard InChI is InChI=1S/C15H22BrFO/c1-10(15(2,3)4)8-12(18)9-11-6-5-7-13(17)14(11)16/h5-7,10,12,18H,8-9H2,1-4H3. The highest BCUT2D eigenvalue weighted by Gasteiger charge is 2.23. The molecule has 0 aromatic heterocycles. The highest BCUT2D eigenvalue weighted by Crippen LogP contribution is 2.30. The maximum atomic E-state index is 13.4. The first-order valence-corrected chi connectivity index (χ1v) is 7.12. The number of hydrogen-bond donors (Lipinski definition) is 1. The molecule has 1 aromatic rings. The van der Waals surface area contributed by atoms with Crippen molar-refractivity contribution < 1.29 is 9.50 Å². The molecule has 1 N–H and O–H groups in total. The quantitative estimate of drug-likeness (QED) is 0.863.